The highest BCUT2D eigenvalue weighted by Crippen LogP contribution is 2.50. The van der Waals surface area contributed by atoms with Crippen molar-refractivity contribution in [2.24, 2.45) is 0 Å². The van der Waals surface area contributed by atoms with Gasteiger partial charge < -0.3 is 5.32 Å². The van der Waals surface area contributed by atoms with Crippen LogP contribution in [0, 0.1) is 5.82 Å². The van der Waals surface area contributed by atoms with Gasteiger partial charge in [0.15, 0.2) is 5.65 Å². The summed E-state index contributed by atoms with van der Waals surface area (Å²) in [7, 11) is 0. The second-order valence-corrected chi connectivity index (χ2v) is 8.96. The quantitative estimate of drug-likeness (QED) is 0.319. The number of hydrogen-bond donors (Lipinski definition) is 1. The van der Waals surface area contributed by atoms with Gasteiger partial charge in [-0.15, -0.1) is 16.4 Å². The summed E-state index contributed by atoms with van der Waals surface area (Å²) in [6.45, 7) is 0. The minimum atomic E-state index is -5.80. The molecule has 1 aliphatic rings. The van der Waals surface area contributed by atoms with E-state index in [1.54, 1.807) is 6.07 Å². The number of aromatic nitrogens is 6. The van der Waals surface area contributed by atoms with Crippen molar-refractivity contribution in [1.29, 1.82) is 0 Å². The molecule has 0 spiro atoms. The summed E-state index contributed by atoms with van der Waals surface area (Å²) < 4.78 is 84.8. The zero-order valence-electron chi connectivity index (χ0n) is 17.3. The summed E-state index contributed by atoms with van der Waals surface area (Å²) in [6.07, 6.45) is -5.00. The maximum absolute atomic E-state index is 14.7. The van der Waals surface area contributed by atoms with Gasteiger partial charge in [-0.1, -0.05) is 12.1 Å². The Morgan fingerprint density at radius 1 is 1.03 bits per heavy atom. The molecule has 0 saturated carbocycles. The van der Waals surface area contributed by atoms with Crippen LogP contribution >= 0.6 is 11.3 Å². The molecule has 2 atom stereocenters. The zero-order chi connectivity index (χ0) is 24.5. The Kier molecular flexibility index (Phi) is 4.62. The maximum Gasteiger partial charge on any atom is 0.455 e. The number of fused-ring (bicyclic) bond motifs is 4. The van der Waals surface area contributed by atoms with Crippen LogP contribution in [0.3, 0.4) is 0 Å². The first-order valence-corrected chi connectivity index (χ1v) is 11.1. The van der Waals surface area contributed by atoms with Crippen molar-refractivity contribution in [3.05, 3.63) is 59.5 Å². The monoisotopic (exact) mass is 509 g/mol. The van der Waals surface area contributed by atoms with E-state index in [1.807, 2.05) is 5.38 Å². The Hall–Kier alpha value is -3.68. The fourth-order valence-electron chi connectivity index (χ4n) is 4.19. The lowest BCUT2D eigenvalue weighted by Gasteiger charge is -2.37. The predicted octanol–water partition coefficient (Wildman–Crippen LogP) is 5.64. The third-order valence-electron chi connectivity index (χ3n) is 5.91. The van der Waals surface area contributed by atoms with E-state index in [0.29, 0.717) is 20.7 Å². The molecule has 2 unspecified atom stereocenters. The first-order chi connectivity index (χ1) is 16.6. The maximum atomic E-state index is 14.7. The van der Waals surface area contributed by atoms with Gasteiger partial charge in [0, 0.05) is 12.5 Å². The standard InChI is InChI=1S/C21H13F6N7S/c22-11-3-1-10(2-4-11)13-7-15(20(23,24)21(25,26)27)34-16(29-13)8-14(31-34)17-30-18-12-5-6-35-19(12)28-9-33(18)32-17/h1-6,8-9,13,15,29H,7H2. The van der Waals surface area contributed by atoms with Gasteiger partial charge in [-0.2, -0.15) is 27.1 Å². The molecule has 180 valence electrons. The summed E-state index contributed by atoms with van der Waals surface area (Å²) in [6, 6.07) is 4.75. The van der Waals surface area contributed by atoms with Crippen molar-refractivity contribution in [2.45, 2.75) is 30.6 Å². The zero-order valence-corrected chi connectivity index (χ0v) is 18.2. The van der Waals surface area contributed by atoms with Crippen LogP contribution in [0.1, 0.15) is 24.1 Å². The molecule has 5 heterocycles. The second-order valence-electron chi connectivity index (χ2n) is 8.07. The number of rotatable bonds is 3. The number of nitrogens with one attached hydrogen (secondary N) is 1. The Labute approximate surface area is 196 Å². The third-order valence-corrected chi connectivity index (χ3v) is 6.73. The first-order valence-electron chi connectivity index (χ1n) is 10.3. The highest BCUT2D eigenvalue weighted by Gasteiger charge is 2.64. The molecule has 7 nitrogen and oxygen atoms in total. The van der Waals surface area contributed by atoms with Gasteiger partial charge in [0.05, 0.1) is 11.4 Å². The van der Waals surface area contributed by atoms with Gasteiger partial charge in [0.25, 0.3) is 0 Å². The largest absolute Gasteiger partial charge is 0.455 e. The Balaban J connectivity index is 1.46. The average Bonchev–Trinajstić information content (AvgIpc) is 3.54. The van der Waals surface area contributed by atoms with E-state index in [9.17, 15) is 26.3 Å². The van der Waals surface area contributed by atoms with Crippen molar-refractivity contribution in [1.82, 2.24) is 29.4 Å². The van der Waals surface area contributed by atoms with E-state index in [1.165, 1.54) is 40.4 Å². The summed E-state index contributed by atoms with van der Waals surface area (Å²) in [5.41, 5.74) is 0.828. The van der Waals surface area contributed by atoms with Crippen LogP contribution in [-0.2, 0) is 0 Å². The molecule has 0 aliphatic carbocycles. The number of benzene rings is 1. The second kappa shape index (κ2) is 7.41. The summed E-state index contributed by atoms with van der Waals surface area (Å²) >= 11 is 1.40. The molecule has 1 aliphatic heterocycles. The van der Waals surface area contributed by atoms with Crippen LogP contribution in [0.4, 0.5) is 32.2 Å². The number of thiophene rings is 1. The number of halogens is 6. The molecule has 14 heteroatoms. The van der Waals surface area contributed by atoms with Gasteiger partial charge >= 0.3 is 12.1 Å². The molecular formula is C21H13F6N7S. The molecule has 6 rings (SSSR count). The number of anilines is 1. The molecule has 1 aromatic carbocycles. The lowest BCUT2D eigenvalue weighted by molar-refractivity contribution is -0.301. The molecule has 5 aromatic rings. The minimum Gasteiger partial charge on any atom is -0.363 e. The van der Waals surface area contributed by atoms with Gasteiger partial charge in [0.2, 0.25) is 5.82 Å². The molecule has 4 aromatic heterocycles. The third kappa shape index (κ3) is 3.42. The topological polar surface area (TPSA) is 72.9 Å². The van der Waals surface area contributed by atoms with E-state index < -0.39 is 36.4 Å². The summed E-state index contributed by atoms with van der Waals surface area (Å²) in [4.78, 5) is 9.38. The number of hydrogen-bond acceptors (Lipinski definition) is 6. The van der Waals surface area contributed by atoms with Crippen molar-refractivity contribution in [2.75, 3.05) is 5.32 Å². The molecule has 0 saturated heterocycles. The molecule has 35 heavy (non-hydrogen) atoms. The van der Waals surface area contributed by atoms with E-state index in [-0.39, 0.29) is 17.3 Å². The first kappa shape index (κ1) is 21.8. The normalized spacial score (nSPS) is 18.7. The highest BCUT2D eigenvalue weighted by molar-refractivity contribution is 7.16. The SMILES string of the molecule is Fc1ccc(C2CC(C(F)(F)C(F)(F)F)n3nc(-c4nc5c6ccsc6ncn5n4)cc3N2)cc1. The van der Waals surface area contributed by atoms with Crippen molar-refractivity contribution in [3.63, 3.8) is 0 Å². The van der Waals surface area contributed by atoms with E-state index in [4.69, 9.17) is 0 Å². The Bertz CT molecular complexity index is 1550. The Morgan fingerprint density at radius 3 is 2.54 bits per heavy atom. The molecule has 1 N–H and O–H groups in total. The van der Waals surface area contributed by atoms with Crippen molar-refractivity contribution in [3.8, 4) is 11.5 Å². The van der Waals surface area contributed by atoms with Crippen LogP contribution in [0.25, 0.3) is 27.4 Å². The fraction of sp³-hybridized carbons (Fsp3) is 0.238. The highest BCUT2D eigenvalue weighted by atomic mass is 32.1. The van der Waals surface area contributed by atoms with Gasteiger partial charge in [-0.05, 0) is 29.1 Å². The van der Waals surface area contributed by atoms with Crippen LogP contribution < -0.4 is 5.32 Å². The summed E-state index contributed by atoms with van der Waals surface area (Å²) in [5, 5.41) is 13.8. The molecular weight excluding hydrogens is 496 g/mol. The number of alkyl halides is 5. The van der Waals surface area contributed by atoms with Crippen molar-refractivity contribution < 1.29 is 26.3 Å². The minimum absolute atomic E-state index is 0.0160. The summed E-state index contributed by atoms with van der Waals surface area (Å²) in [5.74, 6) is -5.65. The van der Waals surface area contributed by atoms with Gasteiger partial charge in [-0.3, -0.25) is 0 Å². The lowest BCUT2D eigenvalue weighted by atomic mass is 9.93. The number of nitrogens with zero attached hydrogens (tertiary/aromatic N) is 6. The van der Waals surface area contributed by atoms with Crippen LogP contribution in [0.15, 0.2) is 48.1 Å². The van der Waals surface area contributed by atoms with Crippen LogP contribution in [0.2, 0.25) is 0 Å². The predicted molar refractivity (Wildman–Crippen MR) is 115 cm³/mol. The van der Waals surface area contributed by atoms with E-state index in [2.05, 4.69) is 25.5 Å². The van der Waals surface area contributed by atoms with Crippen LogP contribution in [-0.4, -0.2) is 41.5 Å². The van der Waals surface area contributed by atoms with E-state index >= 15 is 0 Å². The smallest absolute Gasteiger partial charge is 0.363 e. The lowest BCUT2D eigenvalue weighted by Crippen LogP contribution is -2.47. The Morgan fingerprint density at radius 2 is 1.80 bits per heavy atom. The molecule has 0 radical (unpaired) electrons. The van der Waals surface area contributed by atoms with E-state index in [0.717, 1.165) is 17.5 Å². The van der Waals surface area contributed by atoms with Crippen LogP contribution in [0.5, 0.6) is 0 Å². The molecule has 0 fully saturated rings. The van der Waals surface area contributed by atoms with Gasteiger partial charge in [-0.25, -0.2) is 23.6 Å². The average molecular weight is 509 g/mol. The molecule has 0 amide bonds. The molecule has 0 bridgehead atoms. The van der Waals surface area contributed by atoms with Crippen molar-refractivity contribution >= 4 is 33.0 Å². The van der Waals surface area contributed by atoms with Gasteiger partial charge in [0.1, 0.15) is 34.5 Å². The fourth-order valence-corrected chi connectivity index (χ4v) is 4.92.